The maximum absolute atomic E-state index is 13.1. The highest BCUT2D eigenvalue weighted by Gasteiger charge is 2.64. The van der Waals surface area contributed by atoms with Gasteiger partial charge in [0.15, 0.2) is 11.4 Å². The summed E-state index contributed by atoms with van der Waals surface area (Å²) < 4.78 is 6.25. The average Bonchev–Trinajstić information content (AvgIpc) is 3.06. The average molecular weight is 420 g/mol. The van der Waals surface area contributed by atoms with E-state index in [0.29, 0.717) is 47.9 Å². The van der Waals surface area contributed by atoms with Crippen LogP contribution in [0.3, 0.4) is 0 Å². The predicted molar refractivity (Wildman–Crippen MR) is 119 cm³/mol. The molecule has 164 valence electrons. The molecule has 1 heterocycles. The number of hydrogen-bond donors (Lipinski definition) is 0. The first-order valence-corrected chi connectivity index (χ1v) is 11.9. The molecule has 0 saturated heterocycles. The number of nitrogens with zero attached hydrogens (tertiary/aromatic N) is 1. The lowest BCUT2D eigenvalue weighted by Crippen LogP contribution is -2.54. The second kappa shape index (κ2) is 7.40. The molecule has 5 unspecified atom stereocenters. The van der Waals surface area contributed by atoms with Crippen LogP contribution in [0, 0.1) is 41.4 Å². The zero-order valence-electron chi connectivity index (χ0n) is 18.7. The minimum Gasteiger partial charge on any atom is -0.442 e. The second-order valence-electron chi connectivity index (χ2n) is 10.6. The van der Waals surface area contributed by atoms with Crippen molar-refractivity contribution in [2.75, 3.05) is 7.05 Å². The van der Waals surface area contributed by atoms with E-state index in [4.69, 9.17) is 11.2 Å². The van der Waals surface area contributed by atoms with E-state index in [-0.39, 0.29) is 11.4 Å². The van der Waals surface area contributed by atoms with Crippen molar-refractivity contribution in [2.24, 2.45) is 29.1 Å². The molecule has 3 saturated carbocycles. The highest BCUT2D eigenvalue weighted by molar-refractivity contribution is 5.91. The molecule has 0 aromatic carbocycles. The molecule has 0 bridgehead atoms. The summed E-state index contributed by atoms with van der Waals surface area (Å²) in [6.45, 7) is 2.28. The van der Waals surface area contributed by atoms with Crippen LogP contribution in [0.1, 0.15) is 64.7 Å². The summed E-state index contributed by atoms with van der Waals surface area (Å²) in [5.74, 6) is 5.36. The van der Waals surface area contributed by atoms with Crippen LogP contribution in [0.25, 0.3) is 0 Å². The number of rotatable bonds is 2. The van der Waals surface area contributed by atoms with E-state index in [2.05, 4.69) is 12.8 Å². The maximum atomic E-state index is 13.1. The van der Waals surface area contributed by atoms with Crippen LogP contribution >= 0.6 is 0 Å². The van der Waals surface area contributed by atoms with Crippen LogP contribution in [0.5, 0.6) is 0 Å². The molecule has 0 aromatic rings. The van der Waals surface area contributed by atoms with E-state index in [0.717, 1.165) is 44.9 Å². The third kappa shape index (κ3) is 3.12. The van der Waals surface area contributed by atoms with Gasteiger partial charge >= 0.3 is 5.97 Å². The molecule has 6 atom stereocenters. The number of carbonyl (C=O) groups excluding carboxylic acids is 2. The molecule has 4 nitrogen and oxygen atoms in total. The van der Waals surface area contributed by atoms with Gasteiger partial charge in [0.2, 0.25) is 0 Å². The minimum atomic E-state index is -0.820. The molecule has 0 N–H and O–H groups in total. The van der Waals surface area contributed by atoms with Crippen LogP contribution in [0.15, 0.2) is 35.7 Å². The largest absolute Gasteiger partial charge is 0.442 e. The quantitative estimate of drug-likeness (QED) is 0.478. The van der Waals surface area contributed by atoms with Gasteiger partial charge in [0.25, 0.3) is 0 Å². The number of carbonyl (C=O) groups is 2. The molecule has 1 aliphatic heterocycles. The maximum Gasteiger partial charge on any atom is 0.337 e. The molecule has 0 amide bonds. The molecular formula is C27H33NO3. The number of esters is 1. The first-order chi connectivity index (χ1) is 14.9. The Hall–Kier alpha value is -2.28. The molecule has 5 rings (SSSR count). The summed E-state index contributed by atoms with van der Waals surface area (Å²) in [7, 11) is 1.92. The Morgan fingerprint density at radius 3 is 2.81 bits per heavy atom. The van der Waals surface area contributed by atoms with Gasteiger partial charge in [0.05, 0.1) is 5.57 Å². The van der Waals surface area contributed by atoms with Crippen molar-refractivity contribution < 1.29 is 14.3 Å². The molecule has 0 aromatic heterocycles. The summed E-state index contributed by atoms with van der Waals surface area (Å²) in [5, 5.41) is 0. The van der Waals surface area contributed by atoms with Crippen molar-refractivity contribution in [3.8, 4) is 12.3 Å². The van der Waals surface area contributed by atoms with Crippen LogP contribution in [0.4, 0.5) is 0 Å². The second-order valence-corrected chi connectivity index (χ2v) is 10.6. The topological polar surface area (TPSA) is 46.6 Å². The Morgan fingerprint density at radius 1 is 1.19 bits per heavy atom. The Balaban J connectivity index is 1.39. The van der Waals surface area contributed by atoms with Crippen molar-refractivity contribution in [1.82, 2.24) is 4.90 Å². The first kappa shape index (κ1) is 20.6. The molecule has 0 radical (unpaired) electrons. The molecule has 3 fully saturated rings. The summed E-state index contributed by atoms with van der Waals surface area (Å²) in [6, 6.07) is 0. The van der Waals surface area contributed by atoms with Gasteiger partial charge in [-0.05, 0) is 80.9 Å². The monoisotopic (exact) mass is 419 g/mol. The first-order valence-electron chi connectivity index (χ1n) is 11.9. The lowest BCUT2D eigenvalue weighted by Gasteiger charge is -2.55. The van der Waals surface area contributed by atoms with E-state index >= 15 is 0 Å². The van der Waals surface area contributed by atoms with Crippen LogP contribution in [-0.2, 0) is 14.3 Å². The fraction of sp³-hybridized carbons (Fsp3) is 0.630. The van der Waals surface area contributed by atoms with E-state index < -0.39 is 5.60 Å². The number of fused-ring (bicyclic) bond motifs is 5. The number of hydrogen-bond acceptors (Lipinski definition) is 4. The van der Waals surface area contributed by atoms with E-state index in [9.17, 15) is 9.59 Å². The van der Waals surface area contributed by atoms with Crippen molar-refractivity contribution >= 4 is 11.8 Å². The van der Waals surface area contributed by atoms with Gasteiger partial charge < -0.3 is 9.64 Å². The molecule has 4 aliphatic carbocycles. The Kier molecular flexibility index (Phi) is 4.92. The summed E-state index contributed by atoms with van der Waals surface area (Å²) in [6.07, 6.45) is 22.2. The van der Waals surface area contributed by atoms with Gasteiger partial charge in [-0.2, -0.15) is 0 Å². The lowest BCUT2D eigenvalue weighted by molar-refractivity contribution is -0.165. The normalized spacial score (nSPS) is 41.3. The zero-order valence-corrected chi connectivity index (χ0v) is 18.7. The predicted octanol–water partition coefficient (Wildman–Crippen LogP) is 4.78. The minimum absolute atomic E-state index is 0.179. The van der Waals surface area contributed by atoms with Crippen LogP contribution in [0.2, 0.25) is 0 Å². The van der Waals surface area contributed by atoms with Crippen molar-refractivity contribution in [3.63, 3.8) is 0 Å². The zero-order chi connectivity index (χ0) is 21.8. The fourth-order valence-corrected chi connectivity index (χ4v) is 7.66. The fourth-order valence-electron chi connectivity index (χ4n) is 7.66. The SMILES string of the molecule is C#C[C@]1(OC(=O)C2=CN(C)C=CC2)CCC2C3CCC4=CC(=O)CCC4C3CCC21C. The number of ether oxygens (including phenoxy) is 1. The van der Waals surface area contributed by atoms with Crippen LogP contribution < -0.4 is 0 Å². The van der Waals surface area contributed by atoms with Crippen molar-refractivity contribution in [3.05, 3.63) is 35.7 Å². The molecule has 31 heavy (non-hydrogen) atoms. The number of ketones is 1. The molecular weight excluding hydrogens is 386 g/mol. The number of terminal acetylenes is 1. The van der Waals surface area contributed by atoms with Crippen molar-refractivity contribution in [2.45, 2.75) is 70.3 Å². The Morgan fingerprint density at radius 2 is 2.03 bits per heavy atom. The van der Waals surface area contributed by atoms with Gasteiger partial charge in [-0.3, -0.25) is 4.79 Å². The summed E-state index contributed by atoms with van der Waals surface area (Å²) in [5.41, 5.74) is 1.06. The van der Waals surface area contributed by atoms with Crippen LogP contribution in [-0.4, -0.2) is 29.3 Å². The van der Waals surface area contributed by atoms with E-state index in [1.807, 2.05) is 36.5 Å². The third-order valence-corrected chi connectivity index (χ3v) is 9.22. The molecule has 5 aliphatic rings. The van der Waals surface area contributed by atoms with Crippen molar-refractivity contribution in [1.29, 1.82) is 0 Å². The standard InChI is InChI=1S/C27H33NO3/c1-4-27(31-25(30)19-6-5-15-28(3)17-19)14-12-24-23-9-7-18-16-20(29)8-10-21(18)22(23)11-13-26(24,27)2/h1,5,15-17,21-24H,6-14H2,2-3H3/t21?,22?,23?,24?,26?,27-/m0/s1. The molecule has 0 spiro atoms. The highest BCUT2D eigenvalue weighted by Crippen LogP contribution is 2.65. The highest BCUT2D eigenvalue weighted by atomic mass is 16.6. The molecule has 4 heteroatoms. The van der Waals surface area contributed by atoms with Gasteiger partial charge in [0, 0.05) is 31.5 Å². The lowest BCUT2D eigenvalue weighted by atomic mass is 9.50. The van der Waals surface area contributed by atoms with Gasteiger partial charge in [-0.25, -0.2) is 4.79 Å². The van der Waals surface area contributed by atoms with Gasteiger partial charge in [-0.15, -0.1) is 6.42 Å². The summed E-state index contributed by atoms with van der Waals surface area (Å²) in [4.78, 5) is 26.9. The smallest absolute Gasteiger partial charge is 0.337 e. The van der Waals surface area contributed by atoms with Gasteiger partial charge in [0.1, 0.15) is 0 Å². The summed E-state index contributed by atoms with van der Waals surface area (Å²) >= 11 is 0. The third-order valence-electron chi connectivity index (χ3n) is 9.22. The van der Waals surface area contributed by atoms with E-state index in [1.54, 1.807) is 0 Å². The Bertz CT molecular complexity index is 937. The van der Waals surface area contributed by atoms with Gasteiger partial charge in [-0.1, -0.05) is 24.5 Å². The Labute approximate surface area is 185 Å². The van der Waals surface area contributed by atoms with E-state index in [1.165, 1.54) is 5.57 Å². The number of allylic oxidation sites excluding steroid dienone is 2.